The molecule has 2 heterocycles. The number of aromatic nitrogens is 2. The molecule has 5 aromatic rings. The van der Waals surface area contributed by atoms with Gasteiger partial charge in [-0.2, -0.15) is 0 Å². The summed E-state index contributed by atoms with van der Waals surface area (Å²) in [5, 5.41) is 3.70. The molecule has 0 amide bonds. The third-order valence-electron chi connectivity index (χ3n) is 6.81. The second-order valence-electron chi connectivity index (χ2n) is 9.26. The van der Waals surface area contributed by atoms with Crippen LogP contribution in [-0.4, -0.2) is 30.0 Å². The summed E-state index contributed by atoms with van der Waals surface area (Å²) >= 11 is 0. The first-order valence-corrected chi connectivity index (χ1v) is 12.7. The number of ether oxygens (including phenoxy) is 3. The topological polar surface area (TPSA) is 82.6 Å². The Morgan fingerprint density at radius 1 is 0.805 bits per heavy atom. The number of carbonyl (C=O) groups is 1. The minimum Gasteiger partial charge on any atom is -0.493 e. The van der Waals surface area contributed by atoms with E-state index in [9.17, 15) is 9.18 Å². The highest BCUT2D eigenvalue weighted by Crippen LogP contribution is 2.38. The molecule has 204 valence electrons. The van der Waals surface area contributed by atoms with Gasteiger partial charge in [-0.25, -0.2) is 13.8 Å². The Kier molecular flexibility index (Phi) is 6.76. The van der Waals surface area contributed by atoms with E-state index in [-0.39, 0.29) is 17.3 Å². The highest BCUT2D eigenvalue weighted by Gasteiger charge is 2.26. The molecule has 9 heteroatoms. The first-order chi connectivity index (χ1) is 19.9. The summed E-state index contributed by atoms with van der Waals surface area (Å²) in [6.07, 6.45) is 5.48. The molecule has 0 atom stereocenters. The van der Waals surface area contributed by atoms with E-state index in [1.165, 1.54) is 38.5 Å². The molecule has 0 saturated carbocycles. The Morgan fingerprint density at radius 2 is 1.56 bits per heavy atom. The Morgan fingerprint density at radius 3 is 2.32 bits per heavy atom. The third-order valence-corrected chi connectivity index (χ3v) is 6.81. The van der Waals surface area contributed by atoms with Crippen molar-refractivity contribution < 1.29 is 27.8 Å². The van der Waals surface area contributed by atoms with Gasteiger partial charge in [-0.15, -0.1) is 0 Å². The maximum atomic E-state index is 15.3. The number of ketones is 1. The van der Waals surface area contributed by atoms with Crippen molar-refractivity contribution in [1.29, 1.82) is 0 Å². The predicted octanol–water partition coefficient (Wildman–Crippen LogP) is 7.28. The SMILES string of the molecule is COc1cc2nccc(Oc3ccc(Nc4nccc5c4C(=O)C(c4ccc(F)cc4)=CC5)cc3F)c2cc1OC. The number of hydrogen-bond acceptors (Lipinski definition) is 7. The first-order valence-electron chi connectivity index (χ1n) is 12.7. The number of rotatable bonds is 7. The fraction of sp³-hybridized carbons (Fsp3) is 0.0938. The molecule has 3 aromatic carbocycles. The average molecular weight is 552 g/mol. The van der Waals surface area contributed by atoms with Gasteiger partial charge < -0.3 is 19.5 Å². The van der Waals surface area contributed by atoms with Crippen molar-refractivity contribution in [3.05, 3.63) is 114 Å². The summed E-state index contributed by atoms with van der Waals surface area (Å²) in [5.74, 6) is 0.445. The lowest BCUT2D eigenvalue weighted by Gasteiger charge is -2.19. The molecule has 0 saturated heterocycles. The highest BCUT2D eigenvalue weighted by atomic mass is 19.1. The number of anilines is 2. The molecule has 6 rings (SSSR count). The molecule has 0 spiro atoms. The minimum absolute atomic E-state index is 0.00140. The van der Waals surface area contributed by atoms with Gasteiger partial charge in [-0.05, 0) is 60.0 Å². The number of nitrogens with zero attached hydrogens (tertiary/aromatic N) is 2. The molecular weight excluding hydrogens is 528 g/mol. The normalized spacial score (nSPS) is 12.5. The molecule has 0 fully saturated rings. The fourth-order valence-electron chi connectivity index (χ4n) is 4.79. The van der Waals surface area contributed by atoms with Gasteiger partial charge in [0.05, 0.1) is 25.3 Å². The van der Waals surface area contributed by atoms with Gasteiger partial charge in [-0.1, -0.05) is 18.2 Å². The van der Waals surface area contributed by atoms with Crippen molar-refractivity contribution in [2.45, 2.75) is 6.42 Å². The Balaban J connectivity index is 1.27. The second-order valence-corrected chi connectivity index (χ2v) is 9.26. The lowest BCUT2D eigenvalue weighted by atomic mass is 9.87. The van der Waals surface area contributed by atoms with E-state index < -0.39 is 5.82 Å². The molecule has 0 aliphatic heterocycles. The molecule has 0 bridgehead atoms. The van der Waals surface area contributed by atoms with Gasteiger partial charge in [0.25, 0.3) is 0 Å². The quantitative estimate of drug-likeness (QED) is 0.228. The van der Waals surface area contributed by atoms with Crippen molar-refractivity contribution in [3.63, 3.8) is 0 Å². The van der Waals surface area contributed by atoms with E-state index in [0.717, 1.165) is 5.56 Å². The number of nitrogens with one attached hydrogen (secondary N) is 1. The molecule has 41 heavy (non-hydrogen) atoms. The van der Waals surface area contributed by atoms with Crippen LogP contribution in [0.5, 0.6) is 23.0 Å². The fourth-order valence-corrected chi connectivity index (χ4v) is 4.79. The summed E-state index contributed by atoms with van der Waals surface area (Å²) in [7, 11) is 3.06. The maximum absolute atomic E-state index is 15.3. The predicted molar refractivity (Wildman–Crippen MR) is 151 cm³/mol. The van der Waals surface area contributed by atoms with Crippen LogP contribution in [0.25, 0.3) is 16.5 Å². The third kappa shape index (κ3) is 4.93. The van der Waals surface area contributed by atoms with Gasteiger partial charge in [0.15, 0.2) is 28.8 Å². The Hall–Kier alpha value is -5.31. The molecule has 0 radical (unpaired) electrons. The molecule has 0 unspecified atom stereocenters. The van der Waals surface area contributed by atoms with Gasteiger partial charge >= 0.3 is 0 Å². The van der Waals surface area contributed by atoms with Gasteiger partial charge in [-0.3, -0.25) is 9.78 Å². The Bertz CT molecular complexity index is 1840. The van der Waals surface area contributed by atoms with Gasteiger partial charge in [0, 0.05) is 41.2 Å². The van der Waals surface area contributed by atoms with E-state index in [0.29, 0.717) is 62.8 Å². The number of Topliss-reactive ketones (excluding diaryl/α,β-unsaturated/α-hetero) is 1. The largest absolute Gasteiger partial charge is 0.493 e. The number of hydrogen-bond donors (Lipinski definition) is 1. The first kappa shape index (κ1) is 25.9. The van der Waals surface area contributed by atoms with Crippen molar-refractivity contribution in [2.24, 2.45) is 0 Å². The monoisotopic (exact) mass is 551 g/mol. The van der Waals surface area contributed by atoms with Crippen LogP contribution in [-0.2, 0) is 6.42 Å². The summed E-state index contributed by atoms with van der Waals surface area (Å²) in [4.78, 5) is 22.2. The summed E-state index contributed by atoms with van der Waals surface area (Å²) < 4.78 is 45.4. The smallest absolute Gasteiger partial charge is 0.197 e. The van der Waals surface area contributed by atoms with E-state index in [2.05, 4.69) is 15.3 Å². The standard InChI is InChI=1S/C32H23F2N3O4/c1-39-28-16-23-25(17-29(28)40-2)35-14-12-26(23)41-27-10-8-21(15-24(27)34)37-32-30-19(11-13-36-32)5-9-22(31(30)38)18-3-6-20(33)7-4-18/h3-4,6-17H,5H2,1-2H3,(H,36,37). The molecule has 1 N–H and O–H groups in total. The van der Waals surface area contributed by atoms with Crippen LogP contribution in [0.4, 0.5) is 20.3 Å². The summed E-state index contributed by atoms with van der Waals surface area (Å²) in [5.41, 5.74) is 3.23. The van der Waals surface area contributed by atoms with Crippen LogP contribution >= 0.6 is 0 Å². The zero-order chi connectivity index (χ0) is 28.5. The van der Waals surface area contributed by atoms with Crippen molar-refractivity contribution in [3.8, 4) is 23.0 Å². The van der Waals surface area contributed by atoms with Crippen LogP contribution in [0.2, 0.25) is 0 Å². The second kappa shape index (κ2) is 10.7. The summed E-state index contributed by atoms with van der Waals surface area (Å²) in [6.45, 7) is 0. The van der Waals surface area contributed by atoms with Crippen molar-refractivity contribution in [2.75, 3.05) is 19.5 Å². The van der Waals surface area contributed by atoms with Crippen LogP contribution < -0.4 is 19.5 Å². The lowest BCUT2D eigenvalue weighted by molar-refractivity contribution is 0.105. The Labute approximate surface area is 234 Å². The maximum Gasteiger partial charge on any atom is 0.197 e. The van der Waals surface area contributed by atoms with Crippen LogP contribution in [0, 0.1) is 11.6 Å². The van der Waals surface area contributed by atoms with E-state index in [1.807, 2.05) is 6.08 Å². The van der Waals surface area contributed by atoms with E-state index in [1.54, 1.807) is 54.9 Å². The van der Waals surface area contributed by atoms with Gasteiger partial charge in [0.1, 0.15) is 17.4 Å². The van der Waals surface area contributed by atoms with Crippen molar-refractivity contribution in [1.82, 2.24) is 9.97 Å². The lowest BCUT2D eigenvalue weighted by Crippen LogP contribution is -2.15. The summed E-state index contributed by atoms with van der Waals surface area (Å²) in [6, 6.07) is 17.0. The number of fused-ring (bicyclic) bond motifs is 2. The number of methoxy groups -OCH3 is 2. The number of pyridine rings is 2. The zero-order valence-corrected chi connectivity index (χ0v) is 22.1. The highest BCUT2D eigenvalue weighted by molar-refractivity contribution is 6.32. The molecule has 1 aliphatic rings. The molecule has 7 nitrogen and oxygen atoms in total. The van der Waals surface area contributed by atoms with Crippen LogP contribution in [0.1, 0.15) is 21.5 Å². The number of halogens is 2. The van der Waals surface area contributed by atoms with E-state index >= 15 is 4.39 Å². The average Bonchev–Trinajstić information content (AvgIpc) is 2.99. The number of benzene rings is 3. The molecular formula is C32H23F2N3O4. The minimum atomic E-state index is -0.622. The zero-order valence-electron chi connectivity index (χ0n) is 22.1. The van der Waals surface area contributed by atoms with Crippen LogP contribution in [0.3, 0.4) is 0 Å². The van der Waals surface area contributed by atoms with Crippen LogP contribution in [0.15, 0.2) is 85.2 Å². The molecule has 2 aromatic heterocycles. The number of carbonyl (C=O) groups excluding carboxylic acids is 1. The van der Waals surface area contributed by atoms with Gasteiger partial charge in [0.2, 0.25) is 0 Å². The van der Waals surface area contributed by atoms with E-state index in [4.69, 9.17) is 14.2 Å². The molecule has 1 aliphatic carbocycles. The number of allylic oxidation sites excluding steroid dienone is 2. The van der Waals surface area contributed by atoms with Crippen molar-refractivity contribution >= 4 is 33.8 Å².